The van der Waals surface area contributed by atoms with Crippen LogP contribution in [0.5, 0.6) is 0 Å². The first-order valence-electron chi connectivity index (χ1n) is 6.60. The predicted octanol–water partition coefficient (Wildman–Crippen LogP) is 2.55. The fourth-order valence-electron chi connectivity index (χ4n) is 2.51. The first-order valence-corrected chi connectivity index (χ1v) is 6.60. The molecule has 0 bridgehead atoms. The highest BCUT2D eigenvalue weighted by atomic mass is 16.5. The van der Waals surface area contributed by atoms with E-state index in [9.17, 15) is 4.79 Å². The van der Waals surface area contributed by atoms with Crippen molar-refractivity contribution in [2.24, 2.45) is 0 Å². The summed E-state index contributed by atoms with van der Waals surface area (Å²) in [6.45, 7) is 1.99. The Morgan fingerprint density at radius 1 is 1.39 bits per heavy atom. The van der Waals surface area contributed by atoms with Gasteiger partial charge in [0.15, 0.2) is 0 Å². The molecule has 1 fully saturated rings. The van der Waals surface area contributed by atoms with Gasteiger partial charge in [-0.15, -0.1) is 0 Å². The monoisotopic (exact) mass is 248 g/mol. The number of hydrogen-bond donors (Lipinski definition) is 0. The minimum atomic E-state index is -0.206. The number of aryl methyl sites for hydroxylation is 2. The minimum absolute atomic E-state index is 0.206. The fourth-order valence-corrected chi connectivity index (χ4v) is 2.51. The van der Waals surface area contributed by atoms with Crippen molar-refractivity contribution in [3.63, 3.8) is 0 Å². The zero-order valence-electron chi connectivity index (χ0n) is 11.1. The normalized spacial score (nSPS) is 15.9. The molecule has 0 aliphatic heterocycles. The summed E-state index contributed by atoms with van der Waals surface area (Å²) in [7, 11) is 1.41. The molecule has 0 unspecified atom stereocenters. The van der Waals surface area contributed by atoms with E-state index >= 15 is 0 Å². The number of nitrogens with zero attached hydrogens (tertiary/aromatic N) is 2. The summed E-state index contributed by atoms with van der Waals surface area (Å²) in [5.41, 5.74) is 2.15. The number of carbonyl (C=O) groups excluding carboxylic acids is 1. The molecule has 1 saturated carbocycles. The van der Waals surface area contributed by atoms with E-state index < -0.39 is 0 Å². The van der Waals surface area contributed by atoms with Gasteiger partial charge in [0, 0.05) is 23.7 Å². The van der Waals surface area contributed by atoms with Crippen molar-refractivity contribution in [2.75, 3.05) is 7.11 Å². The Balaban J connectivity index is 2.08. The van der Waals surface area contributed by atoms with E-state index in [1.54, 1.807) is 0 Å². The van der Waals surface area contributed by atoms with Gasteiger partial charge in [-0.05, 0) is 25.8 Å². The van der Waals surface area contributed by atoms with Gasteiger partial charge in [0.25, 0.3) is 0 Å². The highest BCUT2D eigenvalue weighted by Gasteiger charge is 2.19. The van der Waals surface area contributed by atoms with Crippen LogP contribution < -0.4 is 0 Å². The highest BCUT2D eigenvalue weighted by Crippen LogP contribution is 2.33. The highest BCUT2D eigenvalue weighted by molar-refractivity contribution is 5.69. The van der Waals surface area contributed by atoms with Gasteiger partial charge in [-0.2, -0.15) is 0 Å². The maximum absolute atomic E-state index is 11.1. The molecule has 1 aliphatic carbocycles. The third kappa shape index (κ3) is 3.28. The summed E-state index contributed by atoms with van der Waals surface area (Å²) >= 11 is 0. The van der Waals surface area contributed by atoms with Gasteiger partial charge in [0.2, 0.25) is 0 Å². The summed E-state index contributed by atoms with van der Waals surface area (Å²) in [4.78, 5) is 20.1. The molecule has 0 amide bonds. The number of methoxy groups -OCH3 is 1. The van der Waals surface area contributed by atoms with Crippen molar-refractivity contribution in [2.45, 2.75) is 51.4 Å². The Morgan fingerprint density at radius 2 is 2.11 bits per heavy atom. The molecule has 0 spiro atoms. The van der Waals surface area contributed by atoms with Crippen LogP contribution in [0.25, 0.3) is 0 Å². The van der Waals surface area contributed by atoms with Gasteiger partial charge in [-0.25, -0.2) is 9.97 Å². The van der Waals surface area contributed by atoms with Crippen molar-refractivity contribution >= 4 is 5.97 Å². The van der Waals surface area contributed by atoms with Crippen LogP contribution in [0.4, 0.5) is 0 Å². The zero-order valence-corrected chi connectivity index (χ0v) is 11.1. The number of aromatic nitrogens is 2. The molecule has 0 radical (unpaired) electrons. The summed E-state index contributed by atoms with van der Waals surface area (Å²) in [5.74, 6) is 1.15. The molecule has 0 N–H and O–H groups in total. The first-order chi connectivity index (χ1) is 8.69. The lowest BCUT2D eigenvalue weighted by atomic mass is 10.0. The molecule has 1 aromatic heterocycles. The molecule has 0 saturated heterocycles. The minimum Gasteiger partial charge on any atom is -0.469 e. The molecule has 4 nitrogen and oxygen atoms in total. The Morgan fingerprint density at radius 3 is 2.78 bits per heavy atom. The van der Waals surface area contributed by atoms with Gasteiger partial charge in [-0.1, -0.05) is 12.8 Å². The molecule has 1 heterocycles. The quantitative estimate of drug-likeness (QED) is 0.768. The second kappa shape index (κ2) is 5.94. The van der Waals surface area contributed by atoms with Crippen molar-refractivity contribution < 1.29 is 9.53 Å². The lowest BCUT2D eigenvalue weighted by Gasteiger charge is -2.11. The third-order valence-electron chi connectivity index (χ3n) is 3.47. The third-order valence-corrected chi connectivity index (χ3v) is 3.47. The van der Waals surface area contributed by atoms with E-state index in [4.69, 9.17) is 0 Å². The number of carbonyl (C=O) groups is 1. The lowest BCUT2D eigenvalue weighted by molar-refractivity contribution is -0.140. The number of rotatable bonds is 4. The van der Waals surface area contributed by atoms with Gasteiger partial charge >= 0.3 is 5.97 Å². The SMILES string of the molecule is COC(=O)CCc1nc(C)cc(C2CCCC2)n1. The van der Waals surface area contributed by atoms with Gasteiger partial charge in [0.05, 0.1) is 13.5 Å². The molecule has 0 atom stereocenters. The second-order valence-electron chi connectivity index (χ2n) is 4.91. The maximum atomic E-state index is 11.1. The smallest absolute Gasteiger partial charge is 0.305 e. The Labute approximate surface area is 108 Å². The maximum Gasteiger partial charge on any atom is 0.305 e. The predicted molar refractivity (Wildman–Crippen MR) is 68.3 cm³/mol. The fraction of sp³-hybridized carbons (Fsp3) is 0.643. The molecule has 2 rings (SSSR count). The molecule has 1 aliphatic rings. The zero-order chi connectivity index (χ0) is 13.0. The lowest BCUT2D eigenvalue weighted by Crippen LogP contribution is -2.08. The van der Waals surface area contributed by atoms with Crippen LogP contribution in [-0.2, 0) is 16.0 Å². The van der Waals surface area contributed by atoms with Crippen LogP contribution in [0.2, 0.25) is 0 Å². The largest absolute Gasteiger partial charge is 0.469 e. The molecule has 0 aromatic carbocycles. The van der Waals surface area contributed by atoms with Crippen LogP contribution in [0.15, 0.2) is 6.07 Å². The van der Waals surface area contributed by atoms with Crippen LogP contribution >= 0.6 is 0 Å². The number of ether oxygens (including phenoxy) is 1. The second-order valence-corrected chi connectivity index (χ2v) is 4.91. The van der Waals surface area contributed by atoms with Crippen LogP contribution in [0.3, 0.4) is 0 Å². The Bertz CT molecular complexity index is 426. The Kier molecular flexibility index (Phi) is 4.28. The van der Waals surface area contributed by atoms with Crippen molar-refractivity contribution in [3.8, 4) is 0 Å². The van der Waals surface area contributed by atoms with E-state index in [-0.39, 0.29) is 5.97 Å². The van der Waals surface area contributed by atoms with E-state index in [1.807, 2.05) is 6.92 Å². The van der Waals surface area contributed by atoms with Crippen molar-refractivity contribution in [1.82, 2.24) is 9.97 Å². The topological polar surface area (TPSA) is 52.1 Å². The van der Waals surface area contributed by atoms with Gasteiger partial charge in [-0.3, -0.25) is 4.79 Å². The van der Waals surface area contributed by atoms with Crippen LogP contribution in [-0.4, -0.2) is 23.0 Å². The van der Waals surface area contributed by atoms with Crippen molar-refractivity contribution in [3.05, 3.63) is 23.3 Å². The van der Waals surface area contributed by atoms with E-state index in [0.717, 1.165) is 17.2 Å². The van der Waals surface area contributed by atoms with Crippen LogP contribution in [0.1, 0.15) is 55.2 Å². The van der Waals surface area contributed by atoms with Gasteiger partial charge < -0.3 is 4.74 Å². The van der Waals surface area contributed by atoms with Crippen molar-refractivity contribution in [1.29, 1.82) is 0 Å². The summed E-state index contributed by atoms with van der Waals surface area (Å²) in [6.07, 6.45) is 5.97. The average Bonchev–Trinajstić information content (AvgIpc) is 2.89. The molecular formula is C14H20N2O2. The van der Waals surface area contributed by atoms with E-state index in [2.05, 4.69) is 20.8 Å². The van der Waals surface area contributed by atoms with Gasteiger partial charge in [0.1, 0.15) is 5.82 Å². The molecule has 98 valence electrons. The summed E-state index contributed by atoms with van der Waals surface area (Å²) in [5, 5.41) is 0. The van der Waals surface area contributed by atoms with E-state index in [1.165, 1.54) is 32.8 Å². The number of hydrogen-bond acceptors (Lipinski definition) is 4. The standard InChI is InChI=1S/C14H20N2O2/c1-10-9-12(11-5-3-4-6-11)16-13(15-10)7-8-14(17)18-2/h9,11H,3-8H2,1-2H3. The molecule has 1 aromatic rings. The summed E-state index contributed by atoms with van der Waals surface area (Å²) in [6, 6.07) is 2.08. The average molecular weight is 248 g/mol. The molecular weight excluding hydrogens is 228 g/mol. The van der Waals surface area contributed by atoms with Crippen LogP contribution in [0, 0.1) is 6.92 Å². The van der Waals surface area contributed by atoms with E-state index in [0.29, 0.717) is 18.8 Å². The first kappa shape index (κ1) is 13.0. The Hall–Kier alpha value is -1.45. The number of esters is 1. The molecule has 4 heteroatoms. The molecule has 18 heavy (non-hydrogen) atoms. The summed E-state index contributed by atoms with van der Waals surface area (Å²) < 4.78 is 4.64.